The van der Waals surface area contributed by atoms with Gasteiger partial charge in [-0.2, -0.15) is 0 Å². The molecule has 0 spiro atoms. The molecule has 0 bridgehead atoms. The number of nitrogens with one attached hydrogen (secondary N) is 1. The van der Waals surface area contributed by atoms with Gasteiger partial charge in [0.15, 0.2) is 0 Å². The fourth-order valence-corrected chi connectivity index (χ4v) is 1.59. The zero-order valence-corrected chi connectivity index (χ0v) is 9.92. The highest BCUT2D eigenvalue weighted by atomic mass is 16.5. The van der Waals surface area contributed by atoms with Gasteiger partial charge >= 0.3 is 0 Å². The summed E-state index contributed by atoms with van der Waals surface area (Å²) in [4.78, 5) is 0. The smallest absolute Gasteiger partial charge is 0.0713 e. The summed E-state index contributed by atoms with van der Waals surface area (Å²) in [6.07, 6.45) is 0. The van der Waals surface area contributed by atoms with Gasteiger partial charge in [0, 0.05) is 13.7 Å². The van der Waals surface area contributed by atoms with Crippen molar-refractivity contribution in [1.82, 2.24) is 5.32 Å². The van der Waals surface area contributed by atoms with Gasteiger partial charge in [-0.25, -0.2) is 0 Å². The van der Waals surface area contributed by atoms with E-state index in [2.05, 4.69) is 43.4 Å². The van der Waals surface area contributed by atoms with Gasteiger partial charge in [0.05, 0.1) is 6.61 Å². The van der Waals surface area contributed by atoms with Crippen molar-refractivity contribution in [2.45, 2.75) is 26.4 Å². The van der Waals surface area contributed by atoms with Crippen LogP contribution in [0.25, 0.3) is 0 Å². The van der Waals surface area contributed by atoms with Crippen LogP contribution in [0.1, 0.15) is 30.9 Å². The molecule has 1 aromatic carbocycles. The molecule has 1 unspecified atom stereocenters. The van der Waals surface area contributed by atoms with E-state index in [1.165, 1.54) is 11.1 Å². The Morgan fingerprint density at radius 3 is 2.47 bits per heavy atom. The summed E-state index contributed by atoms with van der Waals surface area (Å²) in [6.45, 7) is 7.15. The van der Waals surface area contributed by atoms with E-state index in [0.29, 0.717) is 12.5 Å². The van der Waals surface area contributed by atoms with Crippen LogP contribution in [-0.4, -0.2) is 20.2 Å². The Morgan fingerprint density at radius 2 is 1.93 bits per heavy atom. The van der Waals surface area contributed by atoms with Crippen molar-refractivity contribution in [3.63, 3.8) is 0 Å². The van der Waals surface area contributed by atoms with Crippen LogP contribution in [0.15, 0.2) is 24.3 Å². The van der Waals surface area contributed by atoms with E-state index in [4.69, 9.17) is 4.74 Å². The van der Waals surface area contributed by atoms with Crippen molar-refractivity contribution in [1.29, 1.82) is 0 Å². The topological polar surface area (TPSA) is 21.3 Å². The van der Waals surface area contributed by atoms with E-state index in [-0.39, 0.29) is 0 Å². The van der Waals surface area contributed by atoms with E-state index < -0.39 is 0 Å². The predicted octanol–water partition coefficient (Wildman–Crippen LogP) is 2.55. The van der Waals surface area contributed by atoms with Gasteiger partial charge in [0.25, 0.3) is 0 Å². The Balaban J connectivity index is 2.54. The van der Waals surface area contributed by atoms with Gasteiger partial charge in [-0.05, 0) is 23.6 Å². The maximum absolute atomic E-state index is 5.08. The van der Waals surface area contributed by atoms with Crippen molar-refractivity contribution in [3.8, 4) is 0 Å². The molecule has 0 fully saturated rings. The number of methoxy groups -OCH3 is 1. The lowest BCUT2D eigenvalue weighted by atomic mass is 10.00. The standard InChI is InChI=1S/C13H21NO/c1-4-14-9-11(2)13-7-5-12(6-8-13)10-15-3/h5-8,11,14H,4,9-10H2,1-3H3. The molecule has 0 aromatic heterocycles. The third kappa shape index (κ3) is 4.02. The third-order valence-corrected chi connectivity index (χ3v) is 2.56. The summed E-state index contributed by atoms with van der Waals surface area (Å²) in [5.41, 5.74) is 2.62. The Bertz CT molecular complexity index is 268. The largest absolute Gasteiger partial charge is 0.380 e. The van der Waals surface area contributed by atoms with Crippen LogP contribution in [0.3, 0.4) is 0 Å². The molecular formula is C13H21NO. The Morgan fingerprint density at radius 1 is 1.27 bits per heavy atom. The van der Waals surface area contributed by atoms with Gasteiger partial charge in [0.1, 0.15) is 0 Å². The summed E-state index contributed by atoms with van der Waals surface area (Å²) in [5.74, 6) is 0.571. The van der Waals surface area contributed by atoms with Gasteiger partial charge < -0.3 is 10.1 Å². The molecular weight excluding hydrogens is 186 g/mol. The maximum Gasteiger partial charge on any atom is 0.0713 e. The fraction of sp³-hybridized carbons (Fsp3) is 0.538. The summed E-state index contributed by atoms with van der Waals surface area (Å²) in [7, 11) is 1.72. The number of rotatable bonds is 6. The second-order valence-corrected chi connectivity index (χ2v) is 3.88. The second kappa shape index (κ2) is 6.59. The van der Waals surface area contributed by atoms with Crippen LogP contribution >= 0.6 is 0 Å². The molecule has 0 saturated heterocycles. The molecule has 2 heteroatoms. The number of hydrogen-bond acceptors (Lipinski definition) is 2. The van der Waals surface area contributed by atoms with Gasteiger partial charge in [-0.15, -0.1) is 0 Å². The molecule has 1 rings (SSSR count). The first-order chi connectivity index (χ1) is 7.27. The van der Waals surface area contributed by atoms with Crippen LogP contribution < -0.4 is 5.32 Å². The highest BCUT2D eigenvalue weighted by molar-refractivity contribution is 5.24. The highest BCUT2D eigenvalue weighted by Crippen LogP contribution is 2.15. The third-order valence-electron chi connectivity index (χ3n) is 2.56. The van der Waals surface area contributed by atoms with E-state index in [1.54, 1.807) is 7.11 Å². The molecule has 1 N–H and O–H groups in total. The van der Waals surface area contributed by atoms with E-state index >= 15 is 0 Å². The van der Waals surface area contributed by atoms with Crippen molar-refractivity contribution in [3.05, 3.63) is 35.4 Å². The van der Waals surface area contributed by atoms with Gasteiger partial charge in [-0.1, -0.05) is 38.1 Å². The van der Waals surface area contributed by atoms with Gasteiger partial charge in [-0.3, -0.25) is 0 Å². The Kier molecular flexibility index (Phi) is 5.37. The number of hydrogen-bond donors (Lipinski definition) is 1. The first-order valence-corrected chi connectivity index (χ1v) is 5.56. The van der Waals surface area contributed by atoms with Crippen LogP contribution in [-0.2, 0) is 11.3 Å². The van der Waals surface area contributed by atoms with Crippen LogP contribution in [0.5, 0.6) is 0 Å². The molecule has 0 heterocycles. The number of benzene rings is 1. The molecule has 0 aliphatic heterocycles. The normalized spacial score (nSPS) is 12.7. The minimum Gasteiger partial charge on any atom is -0.380 e. The lowest BCUT2D eigenvalue weighted by Gasteiger charge is -2.12. The molecule has 0 radical (unpaired) electrons. The van der Waals surface area contributed by atoms with Crippen molar-refractivity contribution in [2.24, 2.45) is 0 Å². The first kappa shape index (κ1) is 12.2. The molecule has 1 atom stereocenters. The van der Waals surface area contributed by atoms with Crippen molar-refractivity contribution < 1.29 is 4.74 Å². The summed E-state index contributed by atoms with van der Waals surface area (Å²) >= 11 is 0. The first-order valence-electron chi connectivity index (χ1n) is 5.56. The molecule has 15 heavy (non-hydrogen) atoms. The number of likely N-dealkylation sites (N-methyl/N-ethyl adjacent to an activating group) is 1. The average molecular weight is 207 g/mol. The lowest BCUT2D eigenvalue weighted by Crippen LogP contribution is -2.19. The molecule has 0 amide bonds. The van der Waals surface area contributed by atoms with Crippen LogP contribution in [0.2, 0.25) is 0 Å². The number of ether oxygens (including phenoxy) is 1. The van der Waals surface area contributed by atoms with Crippen LogP contribution in [0, 0.1) is 0 Å². The molecule has 84 valence electrons. The lowest BCUT2D eigenvalue weighted by molar-refractivity contribution is 0.185. The summed E-state index contributed by atoms with van der Waals surface area (Å²) in [6, 6.07) is 8.66. The monoisotopic (exact) mass is 207 g/mol. The van der Waals surface area contributed by atoms with Crippen molar-refractivity contribution >= 4 is 0 Å². The van der Waals surface area contributed by atoms with E-state index in [9.17, 15) is 0 Å². The zero-order valence-electron chi connectivity index (χ0n) is 9.92. The Hall–Kier alpha value is -0.860. The van der Waals surface area contributed by atoms with E-state index in [0.717, 1.165) is 13.1 Å². The second-order valence-electron chi connectivity index (χ2n) is 3.88. The fourth-order valence-electron chi connectivity index (χ4n) is 1.59. The average Bonchev–Trinajstić information content (AvgIpc) is 2.27. The molecule has 0 saturated carbocycles. The quantitative estimate of drug-likeness (QED) is 0.774. The SMILES string of the molecule is CCNCC(C)c1ccc(COC)cc1. The molecule has 0 aliphatic carbocycles. The van der Waals surface area contributed by atoms with Gasteiger partial charge in [0.2, 0.25) is 0 Å². The summed E-state index contributed by atoms with van der Waals surface area (Å²) < 4.78 is 5.08. The van der Waals surface area contributed by atoms with E-state index in [1.807, 2.05) is 0 Å². The summed E-state index contributed by atoms with van der Waals surface area (Å²) in [5, 5.41) is 3.36. The van der Waals surface area contributed by atoms with Crippen molar-refractivity contribution in [2.75, 3.05) is 20.2 Å². The van der Waals surface area contributed by atoms with Crippen LogP contribution in [0.4, 0.5) is 0 Å². The minimum atomic E-state index is 0.571. The Labute approximate surface area is 92.6 Å². The minimum absolute atomic E-state index is 0.571. The molecule has 0 aliphatic rings. The maximum atomic E-state index is 5.08. The molecule has 1 aromatic rings. The highest BCUT2D eigenvalue weighted by Gasteiger charge is 2.03. The molecule has 2 nitrogen and oxygen atoms in total. The predicted molar refractivity (Wildman–Crippen MR) is 64.1 cm³/mol. The zero-order chi connectivity index (χ0) is 11.1.